The zero-order valence-corrected chi connectivity index (χ0v) is 6.87. The summed E-state index contributed by atoms with van der Waals surface area (Å²) in [5.41, 5.74) is -1.27. The second-order valence-corrected chi connectivity index (χ2v) is 2.92. The van der Waals surface area contributed by atoms with Crippen molar-refractivity contribution in [2.45, 2.75) is 25.9 Å². The summed E-state index contributed by atoms with van der Waals surface area (Å²) >= 11 is 0. The molecule has 0 radical (unpaired) electrons. The van der Waals surface area contributed by atoms with Crippen LogP contribution in [0.25, 0.3) is 0 Å². The van der Waals surface area contributed by atoms with E-state index in [4.69, 9.17) is 5.11 Å². The van der Waals surface area contributed by atoms with Crippen molar-refractivity contribution in [2.75, 3.05) is 0 Å². The molecule has 1 unspecified atom stereocenters. The van der Waals surface area contributed by atoms with Crippen LogP contribution in [-0.2, 0) is 4.79 Å². The summed E-state index contributed by atoms with van der Waals surface area (Å²) in [6, 6.07) is 0. The molecule has 0 aliphatic heterocycles. The highest BCUT2D eigenvalue weighted by atomic mass is 16.4. The first-order valence-corrected chi connectivity index (χ1v) is 3.50. The van der Waals surface area contributed by atoms with Gasteiger partial charge in [0.1, 0.15) is 0 Å². The van der Waals surface area contributed by atoms with Crippen molar-refractivity contribution in [1.82, 2.24) is 0 Å². The number of carboxylic acids is 1. The highest BCUT2D eigenvalue weighted by molar-refractivity contribution is 5.68. The predicted molar refractivity (Wildman–Crippen MR) is 42.2 cm³/mol. The van der Waals surface area contributed by atoms with Crippen LogP contribution < -0.4 is 0 Å². The van der Waals surface area contributed by atoms with Crippen LogP contribution in [0.4, 0.5) is 0 Å². The molecule has 0 amide bonds. The fourth-order valence-electron chi connectivity index (χ4n) is 0.754. The molecule has 0 bridgehead atoms. The van der Waals surface area contributed by atoms with E-state index in [0.29, 0.717) is 0 Å². The van der Waals surface area contributed by atoms with E-state index in [0.717, 1.165) is 0 Å². The minimum atomic E-state index is -1.27. The Morgan fingerprint density at radius 1 is 1.73 bits per heavy atom. The van der Waals surface area contributed by atoms with Crippen LogP contribution in [0.1, 0.15) is 20.3 Å². The molecule has 0 heterocycles. The Morgan fingerprint density at radius 3 is 2.27 bits per heavy atom. The molecule has 0 aliphatic carbocycles. The molecular weight excluding hydrogens is 144 g/mol. The summed E-state index contributed by atoms with van der Waals surface area (Å²) in [5, 5.41) is 18.0. The summed E-state index contributed by atoms with van der Waals surface area (Å²) in [6.07, 6.45) is 1.000. The van der Waals surface area contributed by atoms with Crippen LogP contribution in [0.2, 0.25) is 0 Å². The number of carbonyl (C=O) groups is 1. The van der Waals surface area contributed by atoms with Gasteiger partial charge in [-0.15, -0.1) is 6.58 Å². The third-order valence-corrected chi connectivity index (χ3v) is 1.79. The van der Waals surface area contributed by atoms with Gasteiger partial charge in [-0.05, 0) is 5.92 Å². The average Bonchev–Trinajstić information content (AvgIpc) is 1.86. The number of carboxylic acid groups (broad SMARTS) is 1. The standard InChI is InChI=1S/C8H14O3/c1-4-8(11,6(2)3)5-7(9)10/h4,6,11H,1,5H2,2-3H3,(H,9,10). The molecule has 0 aromatic rings. The maximum absolute atomic E-state index is 10.3. The lowest BCUT2D eigenvalue weighted by molar-refractivity contribution is -0.142. The van der Waals surface area contributed by atoms with E-state index in [1.54, 1.807) is 13.8 Å². The van der Waals surface area contributed by atoms with Gasteiger partial charge in [0, 0.05) is 0 Å². The Hall–Kier alpha value is -0.830. The van der Waals surface area contributed by atoms with E-state index in [2.05, 4.69) is 6.58 Å². The van der Waals surface area contributed by atoms with Gasteiger partial charge in [0.15, 0.2) is 0 Å². The average molecular weight is 158 g/mol. The fraction of sp³-hybridized carbons (Fsp3) is 0.625. The highest BCUT2D eigenvalue weighted by Gasteiger charge is 2.29. The Kier molecular flexibility index (Phi) is 3.26. The molecule has 2 N–H and O–H groups in total. The maximum atomic E-state index is 10.3. The van der Waals surface area contributed by atoms with Gasteiger partial charge in [-0.3, -0.25) is 4.79 Å². The van der Waals surface area contributed by atoms with Crippen molar-refractivity contribution in [2.24, 2.45) is 5.92 Å². The molecule has 0 fully saturated rings. The van der Waals surface area contributed by atoms with Gasteiger partial charge >= 0.3 is 5.97 Å². The lowest BCUT2D eigenvalue weighted by atomic mass is 9.87. The molecule has 0 aromatic carbocycles. The van der Waals surface area contributed by atoms with E-state index in [-0.39, 0.29) is 12.3 Å². The summed E-state index contributed by atoms with van der Waals surface area (Å²) in [5.74, 6) is -1.14. The topological polar surface area (TPSA) is 57.5 Å². The summed E-state index contributed by atoms with van der Waals surface area (Å²) in [6.45, 7) is 6.90. The van der Waals surface area contributed by atoms with E-state index >= 15 is 0 Å². The minimum absolute atomic E-state index is 0.129. The van der Waals surface area contributed by atoms with Crippen LogP contribution >= 0.6 is 0 Å². The summed E-state index contributed by atoms with van der Waals surface area (Å²) in [7, 11) is 0. The third-order valence-electron chi connectivity index (χ3n) is 1.79. The molecule has 0 aromatic heterocycles. The molecule has 3 nitrogen and oxygen atoms in total. The Balaban J connectivity index is 4.34. The van der Waals surface area contributed by atoms with E-state index < -0.39 is 11.6 Å². The van der Waals surface area contributed by atoms with Gasteiger partial charge in [0.25, 0.3) is 0 Å². The normalized spacial score (nSPS) is 16.0. The molecular formula is C8H14O3. The van der Waals surface area contributed by atoms with Crippen molar-refractivity contribution in [3.8, 4) is 0 Å². The molecule has 1 atom stereocenters. The number of aliphatic hydroxyl groups is 1. The van der Waals surface area contributed by atoms with Crippen LogP contribution in [0.3, 0.4) is 0 Å². The van der Waals surface area contributed by atoms with Gasteiger partial charge in [0.05, 0.1) is 12.0 Å². The maximum Gasteiger partial charge on any atom is 0.306 e. The van der Waals surface area contributed by atoms with Crippen molar-refractivity contribution < 1.29 is 15.0 Å². The van der Waals surface area contributed by atoms with Gasteiger partial charge in [-0.2, -0.15) is 0 Å². The van der Waals surface area contributed by atoms with Crippen LogP contribution in [0.5, 0.6) is 0 Å². The molecule has 0 spiro atoms. The van der Waals surface area contributed by atoms with Gasteiger partial charge in [0.2, 0.25) is 0 Å². The van der Waals surface area contributed by atoms with Gasteiger partial charge in [-0.1, -0.05) is 19.9 Å². The van der Waals surface area contributed by atoms with E-state index in [1.165, 1.54) is 6.08 Å². The first-order chi connectivity index (χ1) is 4.92. The van der Waals surface area contributed by atoms with E-state index in [9.17, 15) is 9.90 Å². The predicted octanol–water partition coefficient (Wildman–Crippen LogP) is 1.03. The molecule has 64 valence electrons. The third kappa shape index (κ3) is 2.72. The number of hydrogen-bond donors (Lipinski definition) is 2. The van der Waals surface area contributed by atoms with Crippen molar-refractivity contribution >= 4 is 5.97 Å². The Labute approximate surface area is 66.4 Å². The number of aliphatic carboxylic acids is 1. The smallest absolute Gasteiger partial charge is 0.306 e. The lowest BCUT2D eigenvalue weighted by Crippen LogP contribution is -2.34. The molecule has 0 rings (SSSR count). The zero-order valence-electron chi connectivity index (χ0n) is 6.87. The van der Waals surface area contributed by atoms with Gasteiger partial charge in [-0.25, -0.2) is 0 Å². The van der Waals surface area contributed by atoms with Crippen molar-refractivity contribution in [3.63, 3.8) is 0 Å². The molecule has 3 heteroatoms. The number of hydrogen-bond acceptors (Lipinski definition) is 2. The first kappa shape index (κ1) is 10.2. The number of rotatable bonds is 4. The van der Waals surface area contributed by atoms with Crippen molar-refractivity contribution in [3.05, 3.63) is 12.7 Å². The fourth-order valence-corrected chi connectivity index (χ4v) is 0.754. The second-order valence-electron chi connectivity index (χ2n) is 2.92. The zero-order chi connectivity index (χ0) is 9.07. The quantitative estimate of drug-likeness (QED) is 0.601. The second kappa shape index (κ2) is 3.53. The Morgan fingerprint density at radius 2 is 2.18 bits per heavy atom. The molecule has 0 saturated carbocycles. The van der Waals surface area contributed by atoms with Crippen LogP contribution in [0.15, 0.2) is 12.7 Å². The molecule has 0 aliphatic rings. The van der Waals surface area contributed by atoms with E-state index in [1.807, 2.05) is 0 Å². The molecule has 11 heavy (non-hydrogen) atoms. The largest absolute Gasteiger partial charge is 0.481 e. The summed E-state index contributed by atoms with van der Waals surface area (Å²) < 4.78 is 0. The molecule has 0 saturated heterocycles. The van der Waals surface area contributed by atoms with Crippen LogP contribution in [-0.4, -0.2) is 21.8 Å². The minimum Gasteiger partial charge on any atom is -0.481 e. The van der Waals surface area contributed by atoms with Gasteiger partial charge < -0.3 is 10.2 Å². The first-order valence-electron chi connectivity index (χ1n) is 3.50. The SMILES string of the molecule is C=CC(O)(CC(=O)O)C(C)C. The van der Waals surface area contributed by atoms with Crippen LogP contribution in [0, 0.1) is 5.92 Å². The Bertz CT molecular complexity index is 163. The highest BCUT2D eigenvalue weighted by Crippen LogP contribution is 2.21. The monoisotopic (exact) mass is 158 g/mol. The lowest BCUT2D eigenvalue weighted by Gasteiger charge is -2.26. The van der Waals surface area contributed by atoms with Crippen molar-refractivity contribution in [1.29, 1.82) is 0 Å². The summed E-state index contributed by atoms with van der Waals surface area (Å²) in [4.78, 5) is 10.3.